The summed E-state index contributed by atoms with van der Waals surface area (Å²) in [5.74, 6) is -0.413. The number of nitrogens with zero attached hydrogens (tertiary/aromatic N) is 1. The standard InChI is InChI=1S/C14H12Cl2N2O2/c1-20-14(19)10-4-5-17-8-13(10)18-7-9-2-3-11(15)12(16)6-9/h2-6,8,18H,7H2,1H3. The zero-order valence-corrected chi connectivity index (χ0v) is 12.2. The highest BCUT2D eigenvalue weighted by Crippen LogP contribution is 2.23. The maximum atomic E-state index is 11.6. The molecular formula is C14H12Cl2N2O2. The first kappa shape index (κ1) is 14.6. The molecule has 2 aromatic rings. The van der Waals surface area contributed by atoms with Crippen molar-refractivity contribution in [2.24, 2.45) is 0 Å². The number of pyridine rings is 1. The summed E-state index contributed by atoms with van der Waals surface area (Å²) in [5, 5.41) is 4.12. The number of methoxy groups -OCH3 is 1. The minimum absolute atomic E-state index is 0.413. The number of esters is 1. The zero-order valence-electron chi connectivity index (χ0n) is 10.7. The molecule has 0 saturated heterocycles. The van der Waals surface area contributed by atoms with E-state index in [1.807, 2.05) is 6.07 Å². The van der Waals surface area contributed by atoms with Gasteiger partial charge in [-0.1, -0.05) is 29.3 Å². The largest absolute Gasteiger partial charge is 0.465 e. The molecule has 0 saturated carbocycles. The number of ether oxygens (including phenoxy) is 1. The number of benzene rings is 1. The highest BCUT2D eigenvalue weighted by molar-refractivity contribution is 6.42. The van der Waals surface area contributed by atoms with Crippen molar-refractivity contribution in [2.45, 2.75) is 6.54 Å². The van der Waals surface area contributed by atoms with Gasteiger partial charge in [0.25, 0.3) is 0 Å². The lowest BCUT2D eigenvalue weighted by Gasteiger charge is -2.10. The Morgan fingerprint density at radius 1 is 1.30 bits per heavy atom. The predicted molar refractivity (Wildman–Crippen MR) is 79.4 cm³/mol. The monoisotopic (exact) mass is 310 g/mol. The molecule has 0 bridgehead atoms. The predicted octanol–water partition coefficient (Wildman–Crippen LogP) is 3.79. The van der Waals surface area contributed by atoms with Gasteiger partial charge in [0.2, 0.25) is 0 Å². The Hall–Kier alpha value is -1.78. The molecule has 2 rings (SSSR count). The molecule has 0 aliphatic rings. The third-order valence-corrected chi connectivity index (χ3v) is 3.43. The van der Waals surface area contributed by atoms with Crippen LogP contribution in [0.1, 0.15) is 15.9 Å². The summed E-state index contributed by atoms with van der Waals surface area (Å²) >= 11 is 11.8. The summed E-state index contributed by atoms with van der Waals surface area (Å²) in [6.45, 7) is 0.493. The molecule has 0 atom stereocenters. The van der Waals surface area contributed by atoms with Crippen LogP contribution in [0.4, 0.5) is 5.69 Å². The van der Waals surface area contributed by atoms with Gasteiger partial charge >= 0.3 is 5.97 Å². The van der Waals surface area contributed by atoms with Gasteiger partial charge in [-0.25, -0.2) is 4.79 Å². The minimum Gasteiger partial charge on any atom is -0.465 e. The van der Waals surface area contributed by atoms with Crippen molar-refractivity contribution in [3.8, 4) is 0 Å². The van der Waals surface area contributed by atoms with E-state index in [0.717, 1.165) is 5.56 Å². The first-order chi connectivity index (χ1) is 9.61. The Bertz CT molecular complexity index is 632. The molecule has 104 valence electrons. The summed E-state index contributed by atoms with van der Waals surface area (Å²) in [7, 11) is 1.34. The average molecular weight is 311 g/mol. The third kappa shape index (κ3) is 3.40. The van der Waals surface area contributed by atoms with Crippen LogP contribution in [0.25, 0.3) is 0 Å². The second-order valence-corrected chi connectivity index (χ2v) is 4.83. The lowest BCUT2D eigenvalue weighted by Crippen LogP contribution is -2.08. The van der Waals surface area contributed by atoms with Crippen LogP contribution in [0.15, 0.2) is 36.7 Å². The number of anilines is 1. The van der Waals surface area contributed by atoms with Crippen molar-refractivity contribution in [1.82, 2.24) is 4.98 Å². The molecule has 1 aromatic carbocycles. The highest BCUT2D eigenvalue weighted by Gasteiger charge is 2.11. The van der Waals surface area contributed by atoms with Crippen LogP contribution in [0, 0.1) is 0 Å². The third-order valence-electron chi connectivity index (χ3n) is 2.69. The van der Waals surface area contributed by atoms with E-state index in [0.29, 0.717) is 27.8 Å². The molecule has 0 amide bonds. The molecule has 6 heteroatoms. The van der Waals surface area contributed by atoms with Crippen LogP contribution in [0.5, 0.6) is 0 Å². The maximum Gasteiger partial charge on any atom is 0.340 e. The molecule has 1 aromatic heterocycles. The number of halogens is 2. The SMILES string of the molecule is COC(=O)c1ccncc1NCc1ccc(Cl)c(Cl)c1. The molecule has 4 nitrogen and oxygen atoms in total. The van der Waals surface area contributed by atoms with Crippen molar-refractivity contribution in [2.75, 3.05) is 12.4 Å². The molecule has 0 radical (unpaired) electrons. The Balaban J connectivity index is 2.14. The van der Waals surface area contributed by atoms with E-state index in [1.165, 1.54) is 13.3 Å². The molecule has 0 aliphatic carbocycles. The summed E-state index contributed by atoms with van der Waals surface area (Å²) in [5.41, 5.74) is 1.98. The van der Waals surface area contributed by atoms with Gasteiger partial charge < -0.3 is 10.1 Å². The van der Waals surface area contributed by atoms with Gasteiger partial charge in [0.05, 0.1) is 34.6 Å². The number of rotatable bonds is 4. The van der Waals surface area contributed by atoms with Crippen LogP contribution in [-0.2, 0) is 11.3 Å². The quantitative estimate of drug-likeness (QED) is 0.873. The smallest absolute Gasteiger partial charge is 0.340 e. The number of hydrogen-bond acceptors (Lipinski definition) is 4. The molecule has 1 heterocycles. The number of hydrogen-bond donors (Lipinski definition) is 1. The first-order valence-corrected chi connectivity index (χ1v) is 6.57. The van der Waals surface area contributed by atoms with Crippen molar-refractivity contribution in [1.29, 1.82) is 0 Å². The Morgan fingerprint density at radius 3 is 2.80 bits per heavy atom. The van der Waals surface area contributed by atoms with E-state index >= 15 is 0 Å². The van der Waals surface area contributed by atoms with Gasteiger partial charge in [-0.15, -0.1) is 0 Å². The molecule has 0 fully saturated rings. The van der Waals surface area contributed by atoms with Crippen LogP contribution >= 0.6 is 23.2 Å². The van der Waals surface area contributed by atoms with Gasteiger partial charge in [0.1, 0.15) is 0 Å². The summed E-state index contributed by atoms with van der Waals surface area (Å²) in [6.07, 6.45) is 3.11. The summed E-state index contributed by atoms with van der Waals surface area (Å²) in [4.78, 5) is 15.6. The van der Waals surface area contributed by atoms with E-state index in [4.69, 9.17) is 27.9 Å². The lowest BCUT2D eigenvalue weighted by molar-refractivity contribution is 0.0601. The fourth-order valence-electron chi connectivity index (χ4n) is 1.67. The Morgan fingerprint density at radius 2 is 2.10 bits per heavy atom. The summed E-state index contributed by atoms with van der Waals surface area (Å²) < 4.78 is 4.72. The van der Waals surface area contributed by atoms with Crippen molar-refractivity contribution in [3.63, 3.8) is 0 Å². The minimum atomic E-state index is -0.413. The number of carbonyl (C=O) groups excluding carboxylic acids is 1. The number of nitrogens with one attached hydrogen (secondary N) is 1. The van der Waals surface area contributed by atoms with Crippen molar-refractivity contribution in [3.05, 3.63) is 57.8 Å². The molecule has 1 N–H and O–H groups in total. The van der Waals surface area contributed by atoms with Crippen LogP contribution in [-0.4, -0.2) is 18.1 Å². The molecular weight excluding hydrogens is 299 g/mol. The van der Waals surface area contributed by atoms with E-state index in [-0.39, 0.29) is 0 Å². The van der Waals surface area contributed by atoms with Crippen LogP contribution in [0.3, 0.4) is 0 Å². The molecule has 0 aliphatic heterocycles. The summed E-state index contributed by atoms with van der Waals surface area (Å²) in [6, 6.07) is 6.95. The van der Waals surface area contributed by atoms with E-state index < -0.39 is 5.97 Å². The number of carbonyl (C=O) groups is 1. The number of aromatic nitrogens is 1. The van der Waals surface area contributed by atoms with Crippen LogP contribution in [0.2, 0.25) is 10.0 Å². The lowest BCUT2D eigenvalue weighted by atomic mass is 10.2. The van der Waals surface area contributed by atoms with E-state index in [9.17, 15) is 4.79 Å². The van der Waals surface area contributed by atoms with Crippen molar-refractivity contribution < 1.29 is 9.53 Å². The Kier molecular flexibility index (Phi) is 4.82. The van der Waals surface area contributed by atoms with Crippen molar-refractivity contribution >= 4 is 34.9 Å². The Labute approximate surface area is 126 Å². The molecule has 0 spiro atoms. The fraction of sp³-hybridized carbons (Fsp3) is 0.143. The van der Waals surface area contributed by atoms with Gasteiger partial charge in [-0.2, -0.15) is 0 Å². The van der Waals surface area contributed by atoms with E-state index in [1.54, 1.807) is 24.4 Å². The normalized spacial score (nSPS) is 10.2. The van der Waals surface area contributed by atoms with Gasteiger partial charge in [-0.3, -0.25) is 4.98 Å². The van der Waals surface area contributed by atoms with Gasteiger partial charge in [-0.05, 0) is 23.8 Å². The highest BCUT2D eigenvalue weighted by atomic mass is 35.5. The van der Waals surface area contributed by atoms with E-state index in [2.05, 4.69) is 10.3 Å². The second kappa shape index (κ2) is 6.59. The fourth-order valence-corrected chi connectivity index (χ4v) is 1.99. The molecule has 0 unspecified atom stereocenters. The molecule has 20 heavy (non-hydrogen) atoms. The zero-order chi connectivity index (χ0) is 14.5. The van der Waals surface area contributed by atoms with Gasteiger partial charge in [0.15, 0.2) is 0 Å². The topological polar surface area (TPSA) is 51.2 Å². The maximum absolute atomic E-state index is 11.6. The average Bonchev–Trinajstić information content (AvgIpc) is 2.48. The van der Waals surface area contributed by atoms with Crippen LogP contribution < -0.4 is 5.32 Å². The first-order valence-electron chi connectivity index (χ1n) is 5.82. The second-order valence-electron chi connectivity index (χ2n) is 4.01. The van der Waals surface area contributed by atoms with Gasteiger partial charge in [0, 0.05) is 12.7 Å².